The van der Waals surface area contributed by atoms with Crippen molar-refractivity contribution in [1.82, 2.24) is 19.4 Å². The molecule has 0 atom stereocenters. The number of pyridine rings is 1. The van der Waals surface area contributed by atoms with E-state index in [0.717, 1.165) is 16.5 Å². The summed E-state index contributed by atoms with van der Waals surface area (Å²) in [5.74, 6) is 1.08. The maximum Gasteiger partial charge on any atom is 0.272 e. The summed E-state index contributed by atoms with van der Waals surface area (Å²) in [6.45, 7) is 2.57. The van der Waals surface area contributed by atoms with Gasteiger partial charge in [0.25, 0.3) is 22.4 Å². The van der Waals surface area contributed by atoms with Crippen LogP contribution in [0.3, 0.4) is 0 Å². The lowest BCUT2D eigenvalue weighted by Crippen LogP contribution is -2.48. The van der Waals surface area contributed by atoms with Crippen LogP contribution in [0.15, 0.2) is 90.0 Å². The minimum Gasteiger partial charge on any atom is -0.488 e. The van der Waals surface area contributed by atoms with E-state index in [4.69, 9.17) is 32.7 Å². The third kappa shape index (κ3) is 8.24. The molecule has 0 aliphatic carbocycles. The molecule has 3 heterocycles. The predicted octanol–water partition coefficient (Wildman–Crippen LogP) is 7.08. The summed E-state index contributed by atoms with van der Waals surface area (Å²) < 4.78 is 65.5. The van der Waals surface area contributed by atoms with E-state index in [1.54, 1.807) is 18.2 Å². The van der Waals surface area contributed by atoms with Gasteiger partial charge >= 0.3 is 0 Å². The van der Waals surface area contributed by atoms with Crippen LogP contribution in [0.5, 0.6) is 17.4 Å². The normalized spacial score (nSPS) is 14.0. The van der Waals surface area contributed by atoms with Crippen LogP contribution in [0.2, 0.25) is 10.0 Å². The number of alkyl halides is 2. The zero-order chi connectivity index (χ0) is 34.7. The average Bonchev–Trinajstić information content (AvgIpc) is 3.41. The molecule has 1 aliphatic rings. The van der Waals surface area contributed by atoms with Crippen molar-refractivity contribution in [3.8, 4) is 17.4 Å². The second-order valence-corrected chi connectivity index (χ2v) is 13.9. The molecule has 0 spiro atoms. The molecule has 0 bridgehead atoms. The predicted molar refractivity (Wildman–Crippen MR) is 184 cm³/mol. The molecule has 49 heavy (non-hydrogen) atoms. The number of piperazine rings is 1. The number of aryl methyl sites for hydroxylation is 1. The number of nitrogens with zero attached hydrogens (tertiary/aromatic N) is 4. The van der Waals surface area contributed by atoms with Gasteiger partial charge < -0.3 is 18.9 Å². The number of fused-ring (bicyclic) bond motifs is 1. The minimum atomic E-state index is -3.92. The fourth-order valence-electron chi connectivity index (χ4n) is 5.44. The number of aromatic nitrogens is 2. The van der Waals surface area contributed by atoms with E-state index < -0.39 is 23.1 Å². The van der Waals surface area contributed by atoms with Crippen LogP contribution in [-0.4, -0.2) is 72.9 Å². The Bertz CT molecular complexity index is 2070. The number of hydrogen-bond donors (Lipinski definition) is 1. The Hall–Kier alpha value is -4.43. The van der Waals surface area contributed by atoms with E-state index in [1.165, 1.54) is 36.5 Å². The molecule has 1 saturated heterocycles. The summed E-state index contributed by atoms with van der Waals surface area (Å²) in [6, 6.07) is 21.5. The van der Waals surface area contributed by atoms with Crippen LogP contribution in [0, 0.1) is 0 Å². The first-order chi connectivity index (χ1) is 23.4. The largest absolute Gasteiger partial charge is 0.488 e. The Morgan fingerprint density at radius 2 is 1.65 bits per heavy atom. The maximum atomic E-state index is 13.5. The Balaban J connectivity index is 1.05. The van der Waals surface area contributed by atoms with E-state index in [1.807, 2.05) is 46.8 Å². The number of halogens is 4. The van der Waals surface area contributed by atoms with E-state index in [0.29, 0.717) is 49.9 Å². The molecule has 0 saturated carbocycles. The molecular weight excluding hydrogens is 699 g/mol. The molecule has 10 nitrogen and oxygen atoms in total. The van der Waals surface area contributed by atoms with Crippen LogP contribution in [0.1, 0.15) is 16.1 Å². The fraction of sp³-hybridized carbons (Fsp3) is 0.235. The van der Waals surface area contributed by atoms with E-state index in [9.17, 15) is 22.0 Å². The molecule has 3 aromatic carbocycles. The Kier molecular flexibility index (Phi) is 10.3. The van der Waals surface area contributed by atoms with Gasteiger partial charge in [-0.3, -0.25) is 14.4 Å². The maximum absolute atomic E-state index is 13.5. The van der Waals surface area contributed by atoms with E-state index in [2.05, 4.69) is 14.6 Å². The van der Waals surface area contributed by atoms with Crippen molar-refractivity contribution in [2.45, 2.75) is 17.9 Å². The van der Waals surface area contributed by atoms with Crippen molar-refractivity contribution in [3.05, 3.63) is 106 Å². The highest BCUT2D eigenvalue weighted by Gasteiger charge is 2.25. The van der Waals surface area contributed by atoms with Gasteiger partial charge in [-0.15, -0.1) is 0 Å². The molecule has 1 fully saturated rings. The Morgan fingerprint density at radius 3 is 2.33 bits per heavy atom. The molecule has 1 aliphatic heterocycles. The molecule has 1 amide bonds. The number of carbonyl (C=O) groups excluding carboxylic acids is 1. The van der Waals surface area contributed by atoms with Gasteiger partial charge in [-0.1, -0.05) is 35.3 Å². The van der Waals surface area contributed by atoms with Gasteiger partial charge in [0.2, 0.25) is 5.88 Å². The van der Waals surface area contributed by atoms with Crippen molar-refractivity contribution in [3.63, 3.8) is 0 Å². The molecule has 2 aromatic heterocycles. The van der Waals surface area contributed by atoms with Crippen molar-refractivity contribution in [1.29, 1.82) is 0 Å². The first kappa shape index (κ1) is 34.4. The number of nitrogens with one attached hydrogen (secondary N) is 1. The summed E-state index contributed by atoms with van der Waals surface area (Å²) >= 11 is 11.9. The number of anilines is 1. The zero-order valence-electron chi connectivity index (χ0n) is 26.2. The molecule has 15 heteroatoms. The monoisotopic (exact) mass is 729 g/mol. The molecule has 5 aromatic rings. The summed E-state index contributed by atoms with van der Waals surface area (Å²) in [7, 11) is -2.09. The lowest BCUT2D eigenvalue weighted by molar-refractivity contribution is 0.0619. The van der Waals surface area contributed by atoms with Gasteiger partial charge in [0.15, 0.2) is 0 Å². The van der Waals surface area contributed by atoms with Crippen LogP contribution < -0.4 is 14.2 Å². The highest BCUT2D eigenvalue weighted by molar-refractivity contribution is 7.92. The second kappa shape index (κ2) is 14.6. The Morgan fingerprint density at radius 1 is 0.918 bits per heavy atom. The fourth-order valence-corrected chi connectivity index (χ4v) is 6.87. The SMILES string of the molecule is Cn1c(C(=O)N2CCN(Cc3ccc(OCC(F)F)cc3)CC2)cc2ccc(Oc3ccc(NS(=O)(=O)c4ccc(Cl)c(Cl)c4)cn3)cc21. The summed E-state index contributed by atoms with van der Waals surface area (Å²) in [5, 5.41) is 1.24. The molecular formula is C34H31Cl2F2N5O5S. The molecule has 256 valence electrons. The third-order valence-electron chi connectivity index (χ3n) is 8.01. The quantitative estimate of drug-likeness (QED) is 0.155. The standard InChI is InChI=1S/C34H31Cl2F2N5O5S/c1-41-30-17-26(48-33-11-5-24(19-39-33)40-49(45,46)27-9-10-28(35)29(36)18-27)8-4-23(30)16-31(41)34(44)43-14-12-42(13-15-43)20-22-2-6-25(7-3-22)47-21-32(37)38/h2-11,16-19,32,40H,12-15,20-21H2,1H3. The highest BCUT2D eigenvalue weighted by atomic mass is 35.5. The minimum absolute atomic E-state index is 0.0411. The number of sulfonamides is 1. The lowest BCUT2D eigenvalue weighted by atomic mass is 10.2. The number of rotatable bonds is 11. The summed E-state index contributed by atoms with van der Waals surface area (Å²) in [6.07, 6.45) is -1.18. The van der Waals surface area contributed by atoms with Crippen LogP contribution >= 0.6 is 23.2 Å². The van der Waals surface area contributed by atoms with Gasteiger partial charge in [0.05, 0.1) is 32.3 Å². The third-order valence-corrected chi connectivity index (χ3v) is 10.1. The number of carbonyl (C=O) groups is 1. The first-order valence-corrected chi connectivity index (χ1v) is 17.4. The van der Waals surface area contributed by atoms with Gasteiger partial charge in [0, 0.05) is 57.3 Å². The van der Waals surface area contributed by atoms with Crippen molar-refractivity contribution in [2.75, 3.05) is 37.5 Å². The number of amides is 1. The Labute approximate surface area is 291 Å². The number of ether oxygens (including phenoxy) is 2. The van der Waals surface area contributed by atoms with Gasteiger partial charge in [-0.2, -0.15) is 0 Å². The molecule has 0 radical (unpaired) electrons. The first-order valence-electron chi connectivity index (χ1n) is 15.2. The average molecular weight is 731 g/mol. The van der Waals surface area contributed by atoms with Crippen LogP contribution in [0.25, 0.3) is 10.9 Å². The van der Waals surface area contributed by atoms with Crippen LogP contribution in [0.4, 0.5) is 14.5 Å². The van der Waals surface area contributed by atoms with E-state index >= 15 is 0 Å². The number of hydrogen-bond acceptors (Lipinski definition) is 7. The number of benzene rings is 3. The van der Waals surface area contributed by atoms with Crippen molar-refractivity contribution in [2.24, 2.45) is 7.05 Å². The van der Waals surface area contributed by atoms with Gasteiger partial charge in [-0.25, -0.2) is 22.2 Å². The summed E-state index contributed by atoms with van der Waals surface area (Å²) in [5.41, 5.74) is 2.61. The van der Waals surface area contributed by atoms with Crippen molar-refractivity contribution >= 4 is 55.7 Å². The summed E-state index contributed by atoms with van der Waals surface area (Å²) in [4.78, 5) is 21.8. The van der Waals surface area contributed by atoms with Gasteiger partial charge in [-0.05, 0) is 60.2 Å². The molecule has 6 rings (SSSR count). The molecule has 0 unspecified atom stereocenters. The smallest absolute Gasteiger partial charge is 0.272 e. The van der Waals surface area contributed by atoms with Crippen molar-refractivity contribution < 1.29 is 31.5 Å². The van der Waals surface area contributed by atoms with Gasteiger partial charge in [0.1, 0.15) is 23.8 Å². The topological polar surface area (TPSA) is 106 Å². The molecule has 1 N–H and O–H groups in total. The second-order valence-electron chi connectivity index (χ2n) is 11.4. The lowest BCUT2D eigenvalue weighted by Gasteiger charge is -2.34. The van der Waals surface area contributed by atoms with Crippen LogP contribution in [-0.2, 0) is 23.6 Å². The zero-order valence-corrected chi connectivity index (χ0v) is 28.5. The highest BCUT2D eigenvalue weighted by Crippen LogP contribution is 2.29. The van der Waals surface area contributed by atoms with E-state index in [-0.39, 0.29) is 32.4 Å².